The molecule has 0 aliphatic heterocycles. The van der Waals surface area contributed by atoms with Crippen molar-refractivity contribution in [3.63, 3.8) is 0 Å². The van der Waals surface area contributed by atoms with Crippen LogP contribution in [0.5, 0.6) is 0 Å². The van der Waals surface area contributed by atoms with Crippen molar-refractivity contribution in [3.8, 4) is 0 Å². The fourth-order valence-corrected chi connectivity index (χ4v) is 2.58. The molecule has 270 valence electrons. The lowest BCUT2D eigenvalue weighted by Crippen LogP contribution is -2.15. The van der Waals surface area contributed by atoms with E-state index in [-0.39, 0.29) is 52.9 Å². The molecule has 0 saturated heterocycles. The molecule has 0 aromatic rings. The van der Waals surface area contributed by atoms with Gasteiger partial charge in [0.2, 0.25) is 0 Å². The summed E-state index contributed by atoms with van der Waals surface area (Å²) in [6.45, 7) is -0.658. The summed E-state index contributed by atoms with van der Waals surface area (Å²) >= 11 is 0. The fraction of sp³-hybridized carbons (Fsp3) is 0.900. The van der Waals surface area contributed by atoms with Gasteiger partial charge in [-0.2, -0.15) is 0 Å². The molecule has 0 heterocycles. The highest BCUT2D eigenvalue weighted by molar-refractivity contribution is 5.66. The topological polar surface area (TPSA) is 280 Å². The summed E-state index contributed by atoms with van der Waals surface area (Å²) < 4.78 is 0. The van der Waals surface area contributed by atoms with Crippen molar-refractivity contribution in [1.82, 2.24) is 0 Å². The van der Waals surface area contributed by atoms with Gasteiger partial charge in [0, 0.05) is 6.42 Å². The first-order valence-corrected chi connectivity index (χ1v) is 15.5. The molecule has 0 saturated carbocycles. The van der Waals surface area contributed by atoms with E-state index in [1.54, 1.807) is 0 Å². The van der Waals surface area contributed by atoms with Crippen molar-refractivity contribution in [2.24, 2.45) is 0 Å². The van der Waals surface area contributed by atoms with Gasteiger partial charge in [0.1, 0.15) is 24.4 Å². The molecule has 0 radical (unpaired) electrons. The smallest absolute Gasteiger partial charge is 0.303 e. The van der Waals surface area contributed by atoms with Crippen LogP contribution < -0.4 is 0 Å². The summed E-state index contributed by atoms with van der Waals surface area (Å²) in [5.74, 6) is -0.664. The maximum absolute atomic E-state index is 10.3. The van der Waals surface area contributed by atoms with Crippen LogP contribution in [0.2, 0.25) is 0 Å². The summed E-state index contributed by atoms with van der Waals surface area (Å²) in [6.07, 6.45) is 17.4. The summed E-state index contributed by atoms with van der Waals surface area (Å²) in [5.41, 5.74) is 0. The molecule has 44 heavy (non-hydrogen) atoms. The Bertz CT molecular complexity index is 470. The maximum Gasteiger partial charge on any atom is 0.303 e. The molecule has 0 spiro atoms. The van der Waals surface area contributed by atoms with Gasteiger partial charge in [0.15, 0.2) is 0 Å². The number of carboxylic acid groups (broad SMARTS) is 1. The standard InChI is InChI=1S/C18H34O2.4C3H8O3/c1-2-3-4-5-6-7-8-9-10-11-12-13-14-15-16-17-18(19)20;4*4-1-3(6)2-5/h9-10H,2-8,11-17H2,1H3,(H,19,20);4*3-6H,1-2H2/b10-9-;;;;. The highest BCUT2D eigenvalue weighted by Crippen LogP contribution is 2.09. The lowest BCUT2D eigenvalue weighted by Gasteiger charge is -1.99. The minimum Gasteiger partial charge on any atom is -0.481 e. The summed E-state index contributed by atoms with van der Waals surface area (Å²) in [7, 11) is 0. The fourth-order valence-electron chi connectivity index (χ4n) is 2.58. The average molecular weight is 651 g/mol. The van der Waals surface area contributed by atoms with Crippen LogP contribution in [0.3, 0.4) is 0 Å². The predicted octanol–water partition coefficient (Wildman–Crippen LogP) is -0.564. The summed E-state index contributed by atoms with van der Waals surface area (Å²) in [4.78, 5) is 10.3. The molecule has 0 rings (SSSR count). The van der Waals surface area contributed by atoms with Crippen LogP contribution >= 0.6 is 0 Å². The van der Waals surface area contributed by atoms with E-state index in [1.807, 2.05) is 0 Å². The number of aliphatic carboxylic acids is 1. The van der Waals surface area contributed by atoms with Crippen LogP contribution in [0, 0.1) is 0 Å². The van der Waals surface area contributed by atoms with Crippen LogP contribution in [0.15, 0.2) is 12.2 Å². The zero-order valence-corrected chi connectivity index (χ0v) is 26.7. The van der Waals surface area contributed by atoms with Crippen molar-refractivity contribution in [2.45, 2.75) is 121 Å². The molecule has 0 aliphatic carbocycles. The van der Waals surface area contributed by atoms with E-state index in [1.165, 1.54) is 70.6 Å². The lowest BCUT2D eigenvalue weighted by molar-refractivity contribution is -0.137. The van der Waals surface area contributed by atoms with Crippen molar-refractivity contribution in [1.29, 1.82) is 0 Å². The van der Waals surface area contributed by atoms with Crippen LogP contribution in [-0.2, 0) is 4.79 Å². The monoisotopic (exact) mass is 650 g/mol. The van der Waals surface area contributed by atoms with Crippen LogP contribution in [0.25, 0.3) is 0 Å². The quantitative estimate of drug-likeness (QED) is 0.0488. The minimum absolute atomic E-state index is 0.332. The molecule has 14 heteroatoms. The number of unbranched alkanes of at least 4 members (excludes halogenated alkanes) is 11. The highest BCUT2D eigenvalue weighted by atomic mass is 16.4. The molecular formula is C30H66O14. The second kappa shape index (κ2) is 48.6. The molecular weight excluding hydrogens is 584 g/mol. The largest absolute Gasteiger partial charge is 0.481 e. The van der Waals surface area contributed by atoms with Gasteiger partial charge >= 0.3 is 5.97 Å². The van der Waals surface area contributed by atoms with Gasteiger partial charge in [-0.25, -0.2) is 0 Å². The number of rotatable bonds is 23. The second-order valence-electron chi connectivity index (χ2n) is 9.80. The zero-order chi connectivity index (χ0) is 34.9. The molecule has 0 aliphatic rings. The number of carboxylic acids is 1. The Hall–Kier alpha value is -1.27. The lowest BCUT2D eigenvalue weighted by atomic mass is 10.1. The third kappa shape index (κ3) is 63.9. The van der Waals surface area contributed by atoms with Gasteiger partial charge in [-0.1, -0.05) is 70.4 Å². The first-order valence-electron chi connectivity index (χ1n) is 15.5. The molecule has 0 aromatic heterocycles. The Morgan fingerprint density at radius 2 is 0.705 bits per heavy atom. The molecule has 13 N–H and O–H groups in total. The van der Waals surface area contributed by atoms with Gasteiger partial charge in [-0.05, 0) is 32.1 Å². The third-order valence-corrected chi connectivity index (χ3v) is 5.34. The Morgan fingerprint density at radius 3 is 0.932 bits per heavy atom. The van der Waals surface area contributed by atoms with E-state index in [0.717, 1.165) is 12.8 Å². The van der Waals surface area contributed by atoms with Gasteiger partial charge < -0.3 is 66.4 Å². The number of carbonyl (C=O) groups is 1. The van der Waals surface area contributed by atoms with E-state index in [2.05, 4.69) is 19.1 Å². The average Bonchev–Trinajstić information content (AvgIpc) is 3.05. The SMILES string of the molecule is CCCCCCCC/C=C\CCCCCCCC(=O)O.OCC(O)CO.OCC(O)CO.OCC(O)CO.OCC(O)CO. The molecule has 0 fully saturated rings. The van der Waals surface area contributed by atoms with Crippen molar-refractivity contribution in [3.05, 3.63) is 12.2 Å². The molecule has 0 unspecified atom stereocenters. The molecule has 14 nitrogen and oxygen atoms in total. The van der Waals surface area contributed by atoms with E-state index in [0.29, 0.717) is 6.42 Å². The number of hydrogen-bond donors (Lipinski definition) is 13. The van der Waals surface area contributed by atoms with Crippen LogP contribution in [-0.4, -0.2) is 150 Å². The summed E-state index contributed by atoms with van der Waals surface area (Å²) in [5, 5.41) is 105. The third-order valence-electron chi connectivity index (χ3n) is 5.34. The number of hydrogen-bond acceptors (Lipinski definition) is 13. The first-order chi connectivity index (χ1) is 21.0. The number of aliphatic hydroxyl groups excluding tert-OH is 12. The Balaban J connectivity index is -0.000000171. The van der Waals surface area contributed by atoms with E-state index < -0.39 is 30.4 Å². The Labute approximate surface area is 263 Å². The Morgan fingerprint density at radius 1 is 0.455 bits per heavy atom. The number of allylic oxidation sites excluding steroid dienone is 2. The molecule has 0 bridgehead atoms. The number of aliphatic hydroxyl groups is 12. The van der Waals surface area contributed by atoms with Gasteiger partial charge in [-0.3, -0.25) is 4.79 Å². The molecule has 0 aromatic carbocycles. The van der Waals surface area contributed by atoms with E-state index in [4.69, 9.17) is 66.4 Å². The van der Waals surface area contributed by atoms with E-state index >= 15 is 0 Å². The highest BCUT2D eigenvalue weighted by Gasteiger charge is 1.97. The molecule has 0 atom stereocenters. The van der Waals surface area contributed by atoms with E-state index in [9.17, 15) is 4.79 Å². The summed E-state index contributed by atoms with van der Waals surface area (Å²) in [6, 6.07) is 0. The minimum atomic E-state index is -0.954. The van der Waals surface area contributed by atoms with Crippen molar-refractivity contribution < 1.29 is 71.2 Å². The van der Waals surface area contributed by atoms with Gasteiger partial charge in [0.25, 0.3) is 0 Å². The van der Waals surface area contributed by atoms with Crippen molar-refractivity contribution >= 4 is 5.97 Å². The molecule has 0 amide bonds. The normalized spacial score (nSPS) is 10.6. The van der Waals surface area contributed by atoms with Crippen LogP contribution in [0.4, 0.5) is 0 Å². The van der Waals surface area contributed by atoms with Crippen LogP contribution in [0.1, 0.15) is 96.8 Å². The van der Waals surface area contributed by atoms with Crippen molar-refractivity contribution in [2.75, 3.05) is 52.9 Å². The maximum atomic E-state index is 10.3. The first kappa shape index (κ1) is 52.3. The predicted molar refractivity (Wildman–Crippen MR) is 168 cm³/mol. The van der Waals surface area contributed by atoms with Gasteiger partial charge in [-0.15, -0.1) is 0 Å². The van der Waals surface area contributed by atoms with Gasteiger partial charge in [0.05, 0.1) is 52.9 Å². The zero-order valence-electron chi connectivity index (χ0n) is 26.7. The Kier molecular flexibility index (Phi) is 57.8. The second-order valence-corrected chi connectivity index (χ2v) is 9.80.